The molecule has 4 rings (SSSR count). The minimum atomic E-state index is -0.106. The molecule has 8 heteroatoms. The number of nitrogens with one attached hydrogen (secondary N) is 2. The number of aromatic nitrogens is 2. The van der Waals surface area contributed by atoms with Crippen molar-refractivity contribution in [3.05, 3.63) is 53.6 Å². The largest absolute Gasteiger partial charge is 0.484 e. The molecule has 1 fully saturated rings. The molecule has 0 unspecified atom stereocenters. The summed E-state index contributed by atoms with van der Waals surface area (Å²) < 4.78 is 5.51. The number of ether oxygens (including phenoxy) is 1. The molecule has 0 radical (unpaired) electrons. The van der Waals surface area contributed by atoms with Crippen LogP contribution in [-0.2, 0) is 4.79 Å². The van der Waals surface area contributed by atoms with Gasteiger partial charge in [-0.1, -0.05) is 23.7 Å². The number of amides is 1. The topological polar surface area (TPSA) is 79.4 Å². The van der Waals surface area contributed by atoms with Crippen LogP contribution < -0.4 is 20.3 Å². The van der Waals surface area contributed by atoms with Gasteiger partial charge in [0.05, 0.1) is 5.52 Å². The van der Waals surface area contributed by atoms with E-state index in [1.165, 1.54) is 0 Å². The van der Waals surface area contributed by atoms with Crippen molar-refractivity contribution in [2.45, 2.75) is 31.7 Å². The number of carbonyl (C=O) groups is 1. The van der Waals surface area contributed by atoms with E-state index in [4.69, 9.17) is 26.3 Å². The highest BCUT2D eigenvalue weighted by Gasteiger charge is 2.22. The van der Waals surface area contributed by atoms with Crippen LogP contribution in [0.5, 0.6) is 5.75 Å². The van der Waals surface area contributed by atoms with Crippen LogP contribution in [0.3, 0.4) is 0 Å². The van der Waals surface area contributed by atoms with Crippen LogP contribution in [0.4, 0.5) is 11.8 Å². The number of rotatable bonds is 8. The summed E-state index contributed by atoms with van der Waals surface area (Å²) in [6.07, 6.45) is 4.14. The normalized spacial score (nSPS) is 18.0. The van der Waals surface area contributed by atoms with Crippen LogP contribution in [0.15, 0.2) is 48.5 Å². The first-order valence-electron chi connectivity index (χ1n) is 11.3. The Morgan fingerprint density at radius 2 is 1.79 bits per heavy atom. The van der Waals surface area contributed by atoms with Gasteiger partial charge < -0.3 is 20.3 Å². The molecule has 33 heavy (non-hydrogen) atoms. The molecule has 2 aromatic carbocycles. The van der Waals surface area contributed by atoms with E-state index in [2.05, 4.69) is 16.7 Å². The fraction of sp³-hybridized carbons (Fsp3) is 0.400. The summed E-state index contributed by atoms with van der Waals surface area (Å²) in [5.74, 6) is 2.59. The fourth-order valence-electron chi connectivity index (χ4n) is 4.15. The number of nitrogens with zero attached hydrogens (tertiary/aromatic N) is 3. The summed E-state index contributed by atoms with van der Waals surface area (Å²) in [6, 6.07) is 15.4. The molecule has 0 spiro atoms. The maximum atomic E-state index is 12.1. The van der Waals surface area contributed by atoms with Crippen molar-refractivity contribution in [2.75, 3.05) is 37.5 Å². The molecule has 1 aliphatic rings. The van der Waals surface area contributed by atoms with Crippen LogP contribution in [-0.4, -0.2) is 49.2 Å². The van der Waals surface area contributed by atoms with Gasteiger partial charge in [0.25, 0.3) is 5.91 Å². The van der Waals surface area contributed by atoms with Crippen LogP contribution in [0.25, 0.3) is 10.9 Å². The van der Waals surface area contributed by atoms with Gasteiger partial charge in [0.2, 0.25) is 5.95 Å². The first kappa shape index (κ1) is 23.1. The predicted octanol–water partition coefficient (Wildman–Crippen LogP) is 4.52. The first-order valence-corrected chi connectivity index (χ1v) is 11.7. The van der Waals surface area contributed by atoms with E-state index in [9.17, 15) is 4.79 Å². The van der Waals surface area contributed by atoms with Gasteiger partial charge in [-0.3, -0.25) is 4.79 Å². The maximum Gasteiger partial charge on any atom is 0.257 e. The van der Waals surface area contributed by atoms with Crippen LogP contribution in [0.2, 0.25) is 5.02 Å². The minimum absolute atomic E-state index is 0.00600. The van der Waals surface area contributed by atoms with E-state index >= 15 is 0 Å². The van der Waals surface area contributed by atoms with Gasteiger partial charge in [-0.25, -0.2) is 4.98 Å². The molecule has 1 aliphatic carbocycles. The van der Waals surface area contributed by atoms with Crippen LogP contribution in [0.1, 0.15) is 25.7 Å². The quantitative estimate of drug-likeness (QED) is 0.507. The zero-order valence-corrected chi connectivity index (χ0v) is 19.8. The summed E-state index contributed by atoms with van der Waals surface area (Å²) in [5.41, 5.74) is 0.941. The Labute approximate surface area is 199 Å². The van der Waals surface area contributed by atoms with Gasteiger partial charge in [0, 0.05) is 37.1 Å². The average Bonchev–Trinajstić information content (AvgIpc) is 2.82. The fourth-order valence-corrected chi connectivity index (χ4v) is 4.27. The van der Waals surface area contributed by atoms with E-state index in [0.717, 1.165) is 42.4 Å². The van der Waals surface area contributed by atoms with Crippen LogP contribution in [0, 0.1) is 5.92 Å². The number of anilines is 2. The smallest absolute Gasteiger partial charge is 0.257 e. The van der Waals surface area contributed by atoms with E-state index in [-0.39, 0.29) is 12.5 Å². The van der Waals surface area contributed by atoms with Crippen molar-refractivity contribution in [2.24, 2.45) is 5.92 Å². The molecule has 0 aliphatic heterocycles. The minimum Gasteiger partial charge on any atom is -0.484 e. The highest BCUT2D eigenvalue weighted by molar-refractivity contribution is 6.30. The van der Waals surface area contributed by atoms with Crippen molar-refractivity contribution >= 4 is 40.2 Å². The molecule has 1 heterocycles. The Kier molecular flexibility index (Phi) is 7.50. The van der Waals surface area contributed by atoms with Gasteiger partial charge in [0.1, 0.15) is 11.6 Å². The van der Waals surface area contributed by atoms with E-state index in [1.54, 1.807) is 24.3 Å². The summed E-state index contributed by atoms with van der Waals surface area (Å²) in [4.78, 5) is 23.6. The highest BCUT2D eigenvalue weighted by Crippen LogP contribution is 2.28. The van der Waals surface area contributed by atoms with E-state index < -0.39 is 0 Å². The number of benzene rings is 2. The lowest BCUT2D eigenvalue weighted by atomic mass is 9.86. The molecular weight excluding hydrogens is 438 g/mol. The number of halogens is 1. The van der Waals surface area contributed by atoms with Crippen molar-refractivity contribution in [1.29, 1.82) is 0 Å². The third-order valence-corrected chi connectivity index (χ3v) is 6.21. The average molecular weight is 468 g/mol. The third kappa shape index (κ3) is 6.26. The molecule has 7 nitrogen and oxygen atoms in total. The lowest BCUT2D eigenvalue weighted by molar-refractivity contribution is -0.123. The van der Waals surface area contributed by atoms with Crippen molar-refractivity contribution in [3.8, 4) is 5.75 Å². The Bertz CT molecular complexity index is 1080. The number of para-hydroxylation sites is 1. The molecule has 0 atom stereocenters. The molecular formula is C25H30ClN5O2. The molecule has 2 N–H and O–H groups in total. The maximum absolute atomic E-state index is 12.1. The Hall–Kier alpha value is -3.06. The Balaban J connectivity index is 1.23. The number of fused-ring (bicyclic) bond motifs is 1. The molecule has 1 aromatic heterocycles. The molecule has 174 valence electrons. The predicted molar refractivity (Wildman–Crippen MR) is 133 cm³/mol. The second-order valence-corrected chi connectivity index (χ2v) is 9.13. The lowest BCUT2D eigenvalue weighted by Gasteiger charge is -2.29. The van der Waals surface area contributed by atoms with Crippen molar-refractivity contribution in [1.82, 2.24) is 15.3 Å². The highest BCUT2D eigenvalue weighted by atomic mass is 35.5. The first-order chi connectivity index (χ1) is 16.0. The number of carbonyl (C=O) groups excluding carboxylic acids is 1. The number of hydrogen-bond donors (Lipinski definition) is 2. The summed E-state index contributed by atoms with van der Waals surface area (Å²) in [6.45, 7) is 0.679. The standard InChI is InChI=1S/C25H30ClN5O2/c1-31(2)24-21-5-3-4-6-22(21)29-25(30-24)28-19-11-7-17(8-12-19)15-27-23(32)16-33-20-13-9-18(26)10-14-20/h3-6,9-10,13-14,17,19H,7-8,11-12,15-16H2,1-2H3,(H,27,32)(H,28,29,30). The van der Waals surface area contributed by atoms with Gasteiger partial charge in [-0.15, -0.1) is 0 Å². The van der Waals surface area contributed by atoms with E-state index in [1.807, 2.05) is 37.2 Å². The van der Waals surface area contributed by atoms with Crippen molar-refractivity contribution in [3.63, 3.8) is 0 Å². The summed E-state index contributed by atoms with van der Waals surface area (Å²) in [5, 5.41) is 8.22. The Morgan fingerprint density at radius 1 is 1.06 bits per heavy atom. The molecule has 1 amide bonds. The zero-order valence-electron chi connectivity index (χ0n) is 19.1. The van der Waals surface area contributed by atoms with Gasteiger partial charge in [-0.2, -0.15) is 4.98 Å². The lowest BCUT2D eigenvalue weighted by Crippen LogP contribution is -2.36. The summed E-state index contributed by atoms with van der Waals surface area (Å²) >= 11 is 5.86. The zero-order chi connectivity index (χ0) is 23.2. The van der Waals surface area contributed by atoms with Crippen molar-refractivity contribution < 1.29 is 9.53 Å². The monoisotopic (exact) mass is 467 g/mol. The molecule has 1 saturated carbocycles. The molecule has 0 saturated heterocycles. The van der Waals surface area contributed by atoms with Gasteiger partial charge in [0.15, 0.2) is 6.61 Å². The number of hydrogen-bond acceptors (Lipinski definition) is 6. The SMILES string of the molecule is CN(C)c1nc(NC2CCC(CNC(=O)COc3ccc(Cl)cc3)CC2)nc2ccccc12. The Morgan fingerprint density at radius 3 is 2.52 bits per heavy atom. The van der Waals surface area contributed by atoms with Crippen LogP contribution >= 0.6 is 11.6 Å². The second-order valence-electron chi connectivity index (χ2n) is 8.69. The third-order valence-electron chi connectivity index (χ3n) is 5.96. The van der Waals surface area contributed by atoms with Gasteiger partial charge in [-0.05, 0) is 68.0 Å². The van der Waals surface area contributed by atoms with Gasteiger partial charge >= 0.3 is 0 Å². The second kappa shape index (κ2) is 10.7. The molecule has 3 aromatic rings. The van der Waals surface area contributed by atoms with E-state index in [0.29, 0.717) is 35.2 Å². The molecule has 0 bridgehead atoms. The summed E-state index contributed by atoms with van der Waals surface area (Å²) in [7, 11) is 4.00.